The summed E-state index contributed by atoms with van der Waals surface area (Å²) in [6.07, 6.45) is 0. The molecule has 1 heterocycles. The van der Waals surface area contributed by atoms with Crippen LogP contribution in [0.1, 0.15) is 25.0 Å². The third-order valence-corrected chi connectivity index (χ3v) is 4.67. The maximum atomic E-state index is 5.96. The molecule has 0 amide bonds. The smallest absolute Gasteiger partial charge is 0.0513 e. The first-order valence-electron chi connectivity index (χ1n) is 6.86. The van der Waals surface area contributed by atoms with Crippen molar-refractivity contribution in [2.24, 2.45) is 0 Å². The minimum Gasteiger partial charge on any atom is -0.399 e. The van der Waals surface area contributed by atoms with E-state index in [1.807, 2.05) is 6.07 Å². The Morgan fingerprint density at radius 1 is 1.15 bits per heavy atom. The van der Waals surface area contributed by atoms with Crippen LogP contribution in [0.4, 0.5) is 11.4 Å². The van der Waals surface area contributed by atoms with Crippen LogP contribution in [0.3, 0.4) is 0 Å². The average molecular weight is 331 g/mol. The fourth-order valence-electron chi connectivity index (χ4n) is 3.11. The van der Waals surface area contributed by atoms with Crippen molar-refractivity contribution in [3.63, 3.8) is 0 Å². The molecule has 2 aromatic rings. The molecule has 0 aliphatic carbocycles. The highest BCUT2D eigenvalue weighted by molar-refractivity contribution is 9.10. The van der Waals surface area contributed by atoms with Crippen molar-refractivity contribution in [1.29, 1.82) is 0 Å². The SMILES string of the molecule is CC1(C)CN(c2ccccc2Br)Cc2cc(N)ccc21. The molecule has 1 aliphatic rings. The summed E-state index contributed by atoms with van der Waals surface area (Å²) < 4.78 is 1.14. The van der Waals surface area contributed by atoms with Crippen molar-refractivity contribution in [3.05, 3.63) is 58.1 Å². The quantitative estimate of drug-likeness (QED) is 0.788. The number of fused-ring (bicyclic) bond motifs is 1. The van der Waals surface area contributed by atoms with Gasteiger partial charge in [-0.25, -0.2) is 0 Å². The third-order valence-electron chi connectivity index (χ3n) is 4.00. The zero-order chi connectivity index (χ0) is 14.3. The number of halogens is 1. The zero-order valence-electron chi connectivity index (χ0n) is 11.9. The van der Waals surface area contributed by atoms with E-state index in [2.05, 4.69) is 71.1 Å². The van der Waals surface area contributed by atoms with Gasteiger partial charge in [0.05, 0.1) is 5.69 Å². The van der Waals surface area contributed by atoms with Gasteiger partial charge < -0.3 is 10.6 Å². The lowest BCUT2D eigenvalue weighted by atomic mass is 9.78. The number of benzene rings is 2. The highest BCUT2D eigenvalue weighted by atomic mass is 79.9. The summed E-state index contributed by atoms with van der Waals surface area (Å²) in [4.78, 5) is 2.42. The summed E-state index contributed by atoms with van der Waals surface area (Å²) in [7, 11) is 0. The number of para-hydroxylation sites is 1. The van der Waals surface area contributed by atoms with Crippen LogP contribution < -0.4 is 10.6 Å². The van der Waals surface area contributed by atoms with Crippen LogP contribution in [0.2, 0.25) is 0 Å². The first-order chi connectivity index (χ1) is 9.47. The van der Waals surface area contributed by atoms with Gasteiger partial charge >= 0.3 is 0 Å². The van der Waals surface area contributed by atoms with Gasteiger partial charge in [-0.1, -0.05) is 32.0 Å². The van der Waals surface area contributed by atoms with E-state index in [1.165, 1.54) is 16.8 Å². The van der Waals surface area contributed by atoms with E-state index < -0.39 is 0 Å². The van der Waals surface area contributed by atoms with Gasteiger partial charge in [0.1, 0.15) is 0 Å². The molecule has 0 bridgehead atoms. The Morgan fingerprint density at radius 3 is 2.65 bits per heavy atom. The number of hydrogen-bond donors (Lipinski definition) is 1. The Hall–Kier alpha value is -1.48. The van der Waals surface area contributed by atoms with E-state index >= 15 is 0 Å². The number of rotatable bonds is 1. The lowest BCUT2D eigenvalue weighted by Gasteiger charge is -2.41. The molecule has 0 radical (unpaired) electrons. The third kappa shape index (κ3) is 2.31. The molecular weight excluding hydrogens is 312 g/mol. The Kier molecular flexibility index (Phi) is 3.25. The van der Waals surface area contributed by atoms with Gasteiger partial charge in [0.2, 0.25) is 0 Å². The fourth-order valence-corrected chi connectivity index (χ4v) is 3.64. The van der Waals surface area contributed by atoms with Crippen LogP contribution >= 0.6 is 15.9 Å². The molecule has 0 saturated heterocycles. The number of nitrogen functional groups attached to an aromatic ring is 1. The largest absolute Gasteiger partial charge is 0.399 e. The monoisotopic (exact) mass is 330 g/mol. The molecule has 0 fully saturated rings. The Morgan fingerprint density at radius 2 is 1.90 bits per heavy atom. The second kappa shape index (κ2) is 4.81. The summed E-state index contributed by atoms with van der Waals surface area (Å²) in [6, 6.07) is 14.7. The van der Waals surface area contributed by atoms with E-state index in [0.29, 0.717) is 0 Å². The van der Waals surface area contributed by atoms with Crippen molar-refractivity contribution < 1.29 is 0 Å². The van der Waals surface area contributed by atoms with Crippen LogP contribution in [-0.2, 0) is 12.0 Å². The van der Waals surface area contributed by atoms with E-state index in [1.54, 1.807) is 0 Å². The molecule has 104 valence electrons. The second-order valence-electron chi connectivity index (χ2n) is 6.11. The molecular formula is C17H19BrN2. The molecule has 0 saturated carbocycles. The van der Waals surface area contributed by atoms with Crippen molar-refractivity contribution in [2.75, 3.05) is 17.2 Å². The van der Waals surface area contributed by atoms with Gasteiger partial charge in [-0.3, -0.25) is 0 Å². The highest BCUT2D eigenvalue weighted by Crippen LogP contribution is 2.38. The molecule has 2 nitrogen and oxygen atoms in total. The number of hydrogen-bond acceptors (Lipinski definition) is 2. The Labute approximate surface area is 128 Å². The summed E-state index contributed by atoms with van der Waals surface area (Å²) in [5.74, 6) is 0. The lowest BCUT2D eigenvalue weighted by molar-refractivity contribution is 0.477. The predicted molar refractivity (Wildman–Crippen MR) is 89.1 cm³/mol. The number of anilines is 2. The molecule has 0 unspecified atom stereocenters. The Bertz CT molecular complexity index is 649. The van der Waals surface area contributed by atoms with Gasteiger partial charge in [-0.05, 0) is 51.3 Å². The van der Waals surface area contributed by atoms with Gasteiger partial charge in [-0.2, -0.15) is 0 Å². The molecule has 0 atom stereocenters. The van der Waals surface area contributed by atoms with E-state index in [-0.39, 0.29) is 5.41 Å². The maximum absolute atomic E-state index is 5.96. The van der Waals surface area contributed by atoms with Crippen LogP contribution in [0.5, 0.6) is 0 Å². The Balaban J connectivity index is 2.05. The minimum atomic E-state index is 0.122. The maximum Gasteiger partial charge on any atom is 0.0513 e. The molecule has 20 heavy (non-hydrogen) atoms. The molecule has 1 aliphatic heterocycles. The second-order valence-corrected chi connectivity index (χ2v) is 6.96. The van der Waals surface area contributed by atoms with Gasteiger partial charge in [0, 0.05) is 28.7 Å². The van der Waals surface area contributed by atoms with Crippen molar-refractivity contribution in [2.45, 2.75) is 25.8 Å². The van der Waals surface area contributed by atoms with Crippen LogP contribution in [0.15, 0.2) is 46.9 Å². The first-order valence-corrected chi connectivity index (χ1v) is 7.65. The van der Waals surface area contributed by atoms with Crippen LogP contribution in [-0.4, -0.2) is 6.54 Å². The van der Waals surface area contributed by atoms with E-state index in [4.69, 9.17) is 5.73 Å². The molecule has 2 aromatic carbocycles. The summed E-state index contributed by atoms with van der Waals surface area (Å²) in [5, 5.41) is 0. The molecule has 3 rings (SSSR count). The summed E-state index contributed by atoms with van der Waals surface area (Å²) in [5.41, 5.74) is 10.9. The average Bonchev–Trinajstić information content (AvgIpc) is 2.37. The normalized spacial score (nSPS) is 16.9. The minimum absolute atomic E-state index is 0.122. The van der Waals surface area contributed by atoms with Crippen LogP contribution in [0, 0.1) is 0 Å². The number of nitrogens with two attached hydrogens (primary N) is 1. The van der Waals surface area contributed by atoms with Gasteiger partial charge in [0.15, 0.2) is 0 Å². The van der Waals surface area contributed by atoms with E-state index in [9.17, 15) is 0 Å². The zero-order valence-corrected chi connectivity index (χ0v) is 13.4. The fraction of sp³-hybridized carbons (Fsp3) is 0.294. The van der Waals surface area contributed by atoms with Crippen molar-refractivity contribution in [1.82, 2.24) is 0 Å². The molecule has 2 N–H and O–H groups in total. The van der Waals surface area contributed by atoms with Gasteiger partial charge in [0.25, 0.3) is 0 Å². The van der Waals surface area contributed by atoms with Crippen molar-refractivity contribution in [3.8, 4) is 0 Å². The topological polar surface area (TPSA) is 29.3 Å². The summed E-state index contributed by atoms with van der Waals surface area (Å²) >= 11 is 3.66. The first kappa shape index (κ1) is 13.5. The van der Waals surface area contributed by atoms with E-state index in [0.717, 1.165) is 23.2 Å². The highest BCUT2D eigenvalue weighted by Gasteiger charge is 2.32. The molecule has 0 spiro atoms. The predicted octanol–water partition coefficient (Wildman–Crippen LogP) is 4.33. The lowest BCUT2D eigenvalue weighted by Crippen LogP contribution is -2.42. The molecule has 0 aromatic heterocycles. The van der Waals surface area contributed by atoms with Gasteiger partial charge in [-0.15, -0.1) is 0 Å². The van der Waals surface area contributed by atoms with Crippen LogP contribution in [0.25, 0.3) is 0 Å². The summed E-state index contributed by atoms with van der Waals surface area (Å²) in [6.45, 7) is 6.51. The standard InChI is InChI=1S/C17H19BrN2/c1-17(2)11-20(16-6-4-3-5-15(16)18)10-12-9-13(19)7-8-14(12)17/h3-9H,10-11,19H2,1-2H3. The van der Waals surface area contributed by atoms with Crippen molar-refractivity contribution >= 4 is 27.3 Å². The molecule has 3 heteroatoms. The number of nitrogens with zero attached hydrogens (tertiary/aromatic N) is 1.